The van der Waals surface area contributed by atoms with Crippen LogP contribution in [0.25, 0.3) is 0 Å². The van der Waals surface area contributed by atoms with E-state index in [4.69, 9.17) is 9.41 Å². The van der Waals surface area contributed by atoms with Crippen molar-refractivity contribution in [3.8, 4) is 0 Å². The first-order chi connectivity index (χ1) is 17.4. The summed E-state index contributed by atoms with van der Waals surface area (Å²) in [6.07, 6.45) is 3.63. The van der Waals surface area contributed by atoms with Gasteiger partial charge in [0.05, 0.1) is 11.8 Å². The van der Waals surface area contributed by atoms with Crippen LogP contribution in [0.15, 0.2) is 29.2 Å². The molecule has 0 aliphatic heterocycles. The standard InChI is InChI=1S/C28H39F5INO2SSi/c1-17(2)25-23(26(36)18-9-11-19(12-10-18)38(29,30,31,32)33)24(34)22-20(35-25)15-28(13-8-14-28)16-21(22)37-39(6,7)27(3,4)5/h9-12,17,21,26,36H,8,13-16H2,1-7H3/t21?,26-/m0/s1. The first-order valence-corrected chi connectivity index (χ1v) is 19.3. The Balaban J connectivity index is 1.85. The molecule has 11 heteroatoms. The Morgan fingerprint density at radius 1 is 1.08 bits per heavy atom. The minimum Gasteiger partial charge on any atom is -0.410 e. The molecule has 1 N–H and O–H groups in total. The van der Waals surface area contributed by atoms with Gasteiger partial charge in [0, 0.05) is 20.4 Å². The molecule has 0 amide bonds. The van der Waals surface area contributed by atoms with E-state index >= 15 is 0 Å². The summed E-state index contributed by atoms with van der Waals surface area (Å²) < 4.78 is 74.3. The number of nitrogens with zero attached hydrogens (tertiary/aromatic N) is 1. The van der Waals surface area contributed by atoms with Crippen molar-refractivity contribution in [1.82, 2.24) is 4.98 Å². The number of hydrogen-bond donors (Lipinski definition) is 1. The van der Waals surface area contributed by atoms with Crippen molar-refractivity contribution in [3.05, 3.63) is 55.9 Å². The van der Waals surface area contributed by atoms with Gasteiger partial charge < -0.3 is 9.53 Å². The topological polar surface area (TPSA) is 42.4 Å². The van der Waals surface area contributed by atoms with Gasteiger partial charge in [-0.25, -0.2) is 0 Å². The normalized spacial score (nSPS) is 22.2. The van der Waals surface area contributed by atoms with E-state index in [1.165, 1.54) is 6.42 Å². The molecular formula is C28H39F5INO2SSi. The van der Waals surface area contributed by atoms with Gasteiger partial charge in [0.25, 0.3) is 0 Å². The number of aromatic nitrogens is 1. The van der Waals surface area contributed by atoms with Crippen molar-refractivity contribution in [3.63, 3.8) is 0 Å². The second-order valence-corrected chi connectivity index (χ2v) is 21.5. The van der Waals surface area contributed by atoms with E-state index < -0.39 is 29.5 Å². The summed E-state index contributed by atoms with van der Waals surface area (Å²) >= 11 is 2.22. The molecule has 4 rings (SSSR count). The van der Waals surface area contributed by atoms with E-state index in [0.29, 0.717) is 23.4 Å². The summed E-state index contributed by atoms with van der Waals surface area (Å²) in [7, 11) is -12.0. The van der Waals surface area contributed by atoms with Crippen LogP contribution in [-0.2, 0) is 10.8 Å². The first kappa shape index (κ1) is 31.2. The van der Waals surface area contributed by atoms with Gasteiger partial charge in [0.2, 0.25) is 0 Å². The molecule has 0 saturated heterocycles. The number of fused-ring (bicyclic) bond motifs is 1. The van der Waals surface area contributed by atoms with Crippen LogP contribution in [0.1, 0.15) is 107 Å². The summed E-state index contributed by atoms with van der Waals surface area (Å²) in [5, 5.41) is 11.5. The molecule has 2 aliphatic rings. The highest BCUT2D eigenvalue weighted by Gasteiger charge is 2.65. The lowest BCUT2D eigenvalue weighted by molar-refractivity contribution is 0.0293. The molecule has 1 spiro atoms. The Morgan fingerprint density at radius 3 is 2.08 bits per heavy atom. The fraction of sp³-hybridized carbons (Fsp3) is 0.607. The predicted molar refractivity (Wildman–Crippen MR) is 159 cm³/mol. The summed E-state index contributed by atoms with van der Waals surface area (Å²) in [6.45, 7) is 14.9. The molecule has 1 aromatic heterocycles. The smallest absolute Gasteiger partial charge is 0.310 e. The lowest BCUT2D eigenvalue weighted by Crippen LogP contribution is -2.46. The molecule has 2 aromatic rings. The summed E-state index contributed by atoms with van der Waals surface area (Å²) in [6, 6.07) is 2.59. The maximum absolute atomic E-state index is 13.3. The molecule has 1 fully saturated rings. The zero-order valence-corrected chi connectivity index (χ0v) is 27.5. The predicted octanol–water partition coefficient (Wildman–Crippen LogP) is 10.7. The number of rotatable bonds is 6. The lowest BCUT2D eigenvalue weighted by atomic mass is 9.59. The van der Waals surface area contributed by atoms with E-state index in [2.05, 4.69) is 56.5 Å². The third-order valence-electron chi connectivity index (χ3n) is 8.92. The highest BCUT2D eigenvalue weighted by Crippen LogP contribution is 3.02. The van der Waals surface area contributed by atoms with Crippen molar-refractivity contribution in [2.75, 3.05) is 0 Å². The van der Waals surface area contributed by atoms with E-state index in [0.717, 1.165) is 52.6 Å². The van der Waals surface area contributed by atoms with Crippen LogP contribution >= 0.6 is 32.8 Å². The van der Waals surface area contributed by atoms with Crippen LogP contribution in [0.5, 0.6) is 0 Å². The third-order valence-corrected chi connectivity index (χ3v) is 15.7. The molecule has 2 atom stereocenters. The van der Waals surface area contributed by atoms with Gasteiger partial charge in [-0.1, -0.05) is 72.6 Å². The fourth-order valence-electron chi connectivity index (χ4n) is 5.50. The van der Waals surface area contributed by atoms with Crippen molar-refractivity contribution in [2.45, 2.75) is 108 Å². The number of hydrogen-bond acceptors (Lipinski definition) is 3. The van der Waals surface area contributed by atoms with Crippen LogP contribution in [0.3, 0.4) is 0 Å². The van der Waals surface area contributed by atoms with Gasteiger partial charge in [-0.05, 0) is 95.4 Å². The molecule has 220 valence electrons. The molecule has 1 saturated carbocycles. The Kier molecular flexibility index (Phi) is 7.29. The minimum absolute atomic E-state index is 0.0128. The lowest BCUT2D eigenvalue weighted by Gasteiger charge is -2.50. The average Bonchev–Trinajstić information content (AvgIpc) is 2.74. The molecule has 1 aromatic carbocycles. The summed E-state index contributed by atoms with van der Waals surface area (Å²) in [5.41, 5.74) is 3.38. The Labute approximate surface area is 243 Å². The Morgan fingerprint density at radius 2 is 1.64 bits per heavy atom. The largest absolute Gasteiger partial charge is 0.410 e. The fourth-order valence-corrected chi connectivity index (χ4v) is 8.65. The molecule has 39 heavy (non-hydrogen) atoms. The van der Waals surface area contributed by atoms with Crippen LogP contribution in [-0.4, -0.2) is 18.4 Å². The Hall–Kier alpha value is -0.763. The van der Waals surface area contributed by atoms with Crippen LogP contribution in [0.4, 0.5) is 19.4 Å². The first-order valence-electron chi connectivity index (χ1n) is 13.4. The van der Waals surface area contributed by atoms with Crippen molar-refractivity contribution >= 4 is 41.1 Å². The van der Waals surface area contributed by atoms with E-state index in [-0.39, 0.29) is 28.0 Å². The number of benzene rings is 1. The molecule has 2 aliphatic carbocycles. The van der Waals surface area contributed by atoms with E-state index in [1.807, 2.05) is 13.8 Å². The molecule has 1 heterocycles. The molecule has 1 unspecified atom stereocenters. The second kappa shape index (κ2) is 9.12. The highest BCUT2D eigenvalue weighted by molar-refractivity contribution is 14.1. The zero-order chi connectivity index (χ0) is 29.5. The summed E-state index contributed by atoms with van der Waals surface area (Å²) in [4.78, 5) is 3.12. The van der Waals surface area contributed by atoms with Gasteiger partial charge in [0.15, 0.2) is 8.32 Å². The maximum Gasteiger partial charge on any atom is 0.310 e. The average molecular weight is 704 g/mol. The molecule has 0 bridgehead atoms. The van der Waals surface area contributed by atoms with Crippen molar-refractivity contribution < 1.29 is 29.0 Å². The van der Waals surface area contributed by atoms with Gasteiger partial charge in [-0.3, -0.25) is 4.98 Å². The minimum atomic E-state index is -9.81. The number of aliphatic hydroxyl groups is 1. The molecule has 0 radical (unpaired) electrons. The Bertz CT molecular complexity index is 1270. The number of halogens is 6. The molecule has 3 nitrogen and oxygen atoms in total. The maximum atomic E-state index is 13.3. The third kappa shape index (κ3) is 6.08. The monoisotopic (exact) mass is 703 g/mol. The second-order valence-electron chi connectivity index (χ2n) is 13.3. The van der Waals surface area contributed by atoms with Crippen LogP contribution in [0.2, 0.25) is 18.1 Å². The van der Waals surface area contributed by atoms with Crippen molar-refractivity contribution in [2.24, 2.45) is 5.41 Å². The van der Waals surface area contributed by atoms with Crippen molar-refractivity contribution in [1.29, 1.82) is 0 Å². The van der Waals surface area contributed by atoms with Crippen LogP contribution < -0.4 is 0 Å². The number of pyridine rings is 1. The zero-order valence-electron chi connectivity index (χ0n) is 23.6. The van der Waals surface area contributed by atoms with Crippen LogP contribution in [0, 0.1) is 8.99 Å². The quantitative estimate of drug-likeness (QED) is 0.185. The highest BCUT2D eigenvalue weighted by atomic mass is 127. The van der Waals surface area contributed by atoms with E-state index in [9.17, 15) is 24.5 Å². The number of aliphatic hydroxyl groups excluding tert-OH is 1. The van der Waals surface area contributed by atoms with Gasteiger partial charge in [-0.15, -0.1) is 0 Å². The molecular weight excluding hydrogens is 664 g/mol. The van der Waals surface area contributed by atoms with Gasteiger partial charge in [0.1, 0.15) is 11.0 Å². The SMILES string of the molecule is CC(C)c1nc2c(c(I)c1[C@@H](O)c1ccc(S(F)(F)(F)(F)F)cc1)C(O[Si](C)(C)C(C)(C)C)CC1(CCC1)C2. The van der Waals surface area contributed by atoms with Gasteiger partial charge >= 0.3 is 10.2 Å². The summed E-state index contributed by atoms with van der Waals surface area (Å²) in [5.74, 6) is -0.0727. The van der Waals surface area contributed by atoms with E-state index in [1.54, 1.807) is 0 Å². The van der Waals surface area contributed by atoms with Gasteiger partial charge in [-0.2, -0.15) is 0 Å².